The van der Waals surface area contributed by atoms with E-state index in [4.69, 9.17) is 28.4 Å². The molecule has 0 spiro atoms. The normalized spacial score (nSPS) is 28.8. The number of esters is 2. The monoisotopic (exact) mass is 486 g/mol. The predicted octanol–water partition coefficient (Wildman–Crippen LogP) is 3.06. The topological polar surface area (TPSA) is 110 Å². The molecule has 0 radical (unpaired) electrons. The van der Waals surface area contributed by atoms with Gasteiger partial charge in [-0.1, -0.05) is 36.4 Å². The number of methoxy groups -OCH3 is 1. The van der Waals surface area contributed by atoms with Crippen molar-refractivity contribution in [2.75, 3.05) is 33.5 Å². The maximum absolute atomic E-state index is 12.9. The summed E-state index contributed by atoms with van der Waals surface area (Å²) < 4.78 is 33.4. The molecule has 0 aliphatic carbocycles. The summed E-state index contributed by atoms with van der Waals surface area (Å²) in [7, 11) is 1.59. The Morgan fingerprint density at radius 1 is 0.800 bits per heavy atom. The van der Waals surface area contributed by atoms with Crippen molar-refractivity contribution in [1.29, 1.82) is 0 Å². The zero-order valence-corrected chi connectivity index (χ0v) is 20.0. The Bertz CT molecular complexity index is 932. The van der Waals surface area contributed by atoms with Crippen LogP contribution in [0.15, 0.2) is 48.5 Å². The Labute approximate surface area is 203 Å². The highest BCUT2D eigenvalue weighted by molar-refractivity contribution is 5.91. The lowest BCUT2D eigenvalue weighted by Crippen LogP contribution is -2.48. The van der Waals surface area contributed by atoms with Crippen LogP contribution in [0, 0.1) is 10.8 Å². The number of hydrogen-bond donors (Lipinski definition) is 1. The molecule has 4 rings (SSSR count). The smallest absolute Gasteiger partial charge is 0.324 e. The standard InChI is InChI=1S/C26H30O9/c1-25(13-31-21(32-14-25)18-6-4-17(12-27)5-7-18)23(28)35-24(29)26(2)15-33-22(34-16-26)19-8-10-20(30-3)11-9-19/h4-11,21-22,27H,12-16H2,1-3H3. The van der Waals surface area contributed by atoms with Gasteiger partial charge in [0.25, 0.3) is 0 Å². The van der Waals surface area contributed by atoms with Crippen LogP contribution in [0.5, 0.6) is 5.75 Å². The maximum Gasteiger partial charge on any atom is 0.324 e. The maximum atomic E-state index is 12.9. The second kappa shape index (κ2) is 10.4. The van der Waals surface area contributed by atoms with E-state index >= 15 is 0 Å². The van der Waals surface area contributed by atoms with E-state index < -0.39 is 35.3 Å². The van der Waals surface area contributed by atoms with Gasteiger partial charge in [0.1, 0.15) is 16.6 Å². The Morgan fingerprint density at radius 2 is 1.20 bits per heavy atom. The molecule has 2 saturated heterocycles. The zero-order chi connectivity index (χ0) is 25.1. The van der Waals surface area contributed by atoms with E-state index in [0.717, 1.165) is 16.7 Å². The molecule has 0 atom stereocenters. The van der Waals surface area contributed by atoms with Crippen LogP contribution in [-0.4, -0.2) is 50.6 Å². The number of hydrogen-bond acceptors (Lipinski definition) is 9. The highest BCUT2D eigenvalue weighted by Crippen LogP contribution is 2.36. The lowest BCUT2D eigenvalue weighted by Gasteiger charge is -2.37. The first-order valence-corrected chi connectivity index (χ1v) is 11.3. The van der Waals surface area contributed by atoms with E-state index in [9.17, 15) is 14.7 Å². The molecule has 35 heavy (non-hydrogen) atoms. The average Bonchev–Trinajstić information content (AvgIpc) is 2.89. The minimum atomic E-state index is -1.14. The first kappa shape index (κ1) is 25.3. The fraction of sp³-hybridized carbons (Fsp3) is 0.462. The quantitative estimate of drug-likeness (QED) is 0.487. The fourth-order valence-corrected chi connectivity index (χ4v) is 3.71. The summed E-state index contributed by atoms with van der Waals surface area (Å²) in [6.45, 7) is 3.32. The van der Waals surface area contributed by atoms with Crippen LogP contribution in [0.4, 0.5) is 0 Å². The predicted molar refractivity (Wildman–Crippen MR) is 122 cm³/mol. The van der Waals surface area contributed by atoms with E-state index in [2.05, 4.69) is 0 Å². The van der Waals surface area contributed by atoms with Crippen LogP contribution in [-0.2, 0) is 39.9 Å². The zero-order valence-electron chi connectivity index (χ0n) is 20.0. The van der Waals surface area contributed by atoms with E-state index in [1.807, 2.05) is 12.1 Å². The van der Waals surface area contributed by atoms with E-state index in [0.29, 0.717) is 5.75 Å². The van der Waals surface area contributed by atoms with Crippen molar-refractivity contribution in [3.63, 3.8) is 0 Å². The molecule has 188 valence electrons. The molecule has 2 aliphatic heterocycles. The van der Waals surface area contributed by atoms with Crippen molar-refractivity contribution in [2.24, 2.45) is 10.8 Å². The molecule has 2 aromatic carbocycles. The summed E-state index contributed by atoms with van der Waals surface area (Å²) in [5, 5.41) is 9.17. The number of rotatable bonds is 6. The van der Waals surface area contributed by atoms with Gasteiger partial charge in [-0.25, -0.2) is 0 Å². The molecule has 2 aromatic rings. The van der Waals surface area contributed by atoms with Crippen LogP contribution in [0.3, 0.4) is 0 Å². The van der Waals surface area contributed by atoms with Gasteiger partial charge in [-0.05, 0) is 31.5 Å². The van der Waals surface area contributed by atoms with Gasteiger partial charge >= 0.3 is 11.9 Å². The first-order chi connectivity index (χ1) is 16.8. The molecule has 2 heterocycles. The summed E-state index contributed by atoms with van der Waals surface area (Å²) in [6.07, 6.45) is -1.27. The van der Waals surface area contributed by atoms with Gasteiger partial charge in [0.2, 0.25) is 0 Å². The number of aliphatic hydroxyl groups excluding tert-OH is 1. The second-order valence-electron chi connectivity index (χ2n) is 9.38. The van der Waals surface area contributed by atoms with Gasteiger partial charge in [0, 0.05) is 11.1 Å². The van der Waals surface area contributed by atoms with Crippen LogP contribution < -0.4 is 4.74 Å². The second-order valence-corrected chi connectivity index (χ2v) is 9.38. The van der Waals surface area contributed by atoms with E-state index in [-0.39, 0.29) is 33.0 Å². The van der Waals surface area contributed by atoms with Gasteiger partial charge in [-0.3, -0.25) is 9.59 Å². The minimum absolute atomic E-state index is 0.0226. The van der Waals surface area contributed by atoms with Crippen molar-refractivity contribution in [1.82, 2.24) is 0 Å². The molecule has 0 bridgehead atoms. The lowest BCUT2D eigenvalue weighted by atomic mass is 9.90. The summed E-state index contributed by atoms with van der Waals surface area (Å²) in [4.78, 5) is 25.7. The van der Waals surface area contributed by atoms with Crippen molar-refractivity contribution in [3.8, 4) is 5.75 Å². The molecular weight excluding hydrogens is 456 g/mol. The summed E-state index contributed by atoms with van der Waals surface area (Å²) >= 11 is 0. The molecule has 9 nitrogen and oxygen atoms in total. The van der Waals surface area contributed by atoms with Crippen molar-refractivity contribution >= 4 is 11.9 Å². The van der Waals surface area contributed by atoms with Crippen molar-refractivity contribution in [3.05, 3.63) is 65.2 Å². The highest BCUT2D eigenvalue weighted by Gasteiger charge is 2.47. The number of ether oxygens (including phenoxy) is 6. The number of aliphatic hydroxyl groups is 1. The Kier molecular flexibility index (Phi) is 7.53. The third kappa shape index (κ3) is 5.55. The molecule has 0 unspecified atom stereocenters. The minimum Gasteiger partial charge on any atom is -0.497 e. The summed E-state index contributed by atoms with van der Waals surface area (Å²) in [5.41, 5.74) is 0.0553. The molecule has 2 fully saturated rings. The summed E-state index contributed by atoms with van der Waals surface area (Å²) in [6, 6.07) is 14.4. The lowest BCUT2D eigenvalue weighted by molar-refractivity contribution is -0.245. The Hall–Kier alpha value is -2.82. The number of carbonyl (C=O) groups is 2. The molecule has 1 N–H and O–H groups in total. The molecule has 0 aromatic heterocycles. The van der Waals surface area contributed by atoms with E-state index in [1.54, 1.807) is 57.4 Å². The Morgan fingerprint density at radius 3 is 1.57 bits per heavy atom. The average molecular weight is 487 g/mol. The van der Waals surface area contributed by atoms with Crippen LogP contribution in [0.2, 0.25) is 0 Å². The highest BCUT2D eigenvalue weighted by atomic mass is 16.7. The van der Waals surface area contributed by atoms with E-state index in [1.165, 1.54) is 0 Å². The fourth-order valence-electron chi connectivity index (χ4n) is 3.71. The van der Waals surface area contributed by atoms with Gasteiger partial charge in [-0.15, -0.1) is 0 Å². The Balaban J connectivity index is 1.30. The number of benzene rings is 2. The molecular formula is C26H30O9. The van der Waals surface area contributed by atoms with Crippen LogP contribution >= 0.6 is 0 Å². The molecule has 9 heteroatoms. The third-order valence-electron chi connectivity index (χ3n) is 6.21. The van der Waals surface area contributed by atoms with Crippen molar-refractivity contribution < 1.29 is 43.1 Å². The van der Waals surface area contributed by atoms with Crippen LogP contribution in [0.25, 0.3) is 0 Å². The molecule has 0 saturated carbocycles. The largest absolute Gasteiger partial charge is 0.497 e. The van der Waals surface area contributed by atoms with Gasteiger partial charge in [0.15, 0.2) is 12.6 Å². The molecule has 0 amide bonds. The van der Waals surface area contributed by atoms with Gasteiger partial charge < -0.3 is 33.5 Å². The van der Waals surface area contributed by atoms with Gasteiger partial charge in [-0.2, -0.15) is 0 Å². The first-order valence-electron chi connectivity index (χ1n) is 11.3. The number of carbonyl (C=O) groups excluding carboxylic acids is 2. The third-order valence-corrected chi connectivity index (χ3v) is 6.21. The van der Waals surface area contributed by atoms with Gasteiger partial charge in [0.05, 0.1) is 40.1 Å². The molecule has 2 aliphatic rings. The van der Waals surface area contributed by atoms with Crippen molar-refractivity contribution in [2.45, 2.75) is 33.0 Å². The SMILES string of the molecule is COc1ccc(C2OCC(C)(C(=O)OC(=O)C3(C)COC(c4ccc(CO)cc4)OC3)CO2)cc1. The van der Waals surface area contributed by atoms with Crippen LogP contribution in [0.1, 0.15) is 43.1 Å². The summed E-state index contributed by atoms with van der Waals surface area (Å²) in [5.74, 6) is -0.736.